The number of rotatable bonds is 0. The first-order valence-electron chi connectivity index (χ1n) is 0. The molecule has 0 unspecified atom stereocenters. The molecule has 0 aliphatic rings. The molecule has 0 N–H and O–H groups in total. The van der Waals surface area contributed by atoms with Crippen molar-refractivity contribution in [3.8, 4) is 0 Å². The molecule has 9 heavy (non-hydrogen) atoms. The van der Waals surface area contributed by atoms with Crippen molar-refractivity contribution in [3.63, 3.8) is 0 Å². The van der Waals surface area contributed by atoms with E-state index in [9.17, 15) is 0 Å². The molecule has 9 heteroatoms. The summed E-state index contributed by atoms with van der Waals surface area (Å²) in [6.45, 7) is 0. The predicted octanol–water partition coefficient (Wildman–Crippen LogP) is -0.371. The van der Waals surface area contributed by atoms with Crippen molar-refractivity contribution in [1.82, 2.24) is 0 Å². The van der Waals surface area contributed by atoms with Crippen molar-refractivity contribution < 1.29 is 128 Å². The van der Waals surface area contributed by atoms with Gasteiger partial charge in [-0.1, -0.05) is 0 Å². The second kappa shape index (κ2) is 107. The van der Waals surface area contributed by atoms with E-state index in [-0.39, 0.29) is 128 Å². The van der Waals surface area contributed by atoms with Crippen LogP contribution < -0.4 is 0 Å². The van der Waals surface area contributed by atoms with Gasteiger partial charge in [0.05, 0.1) is 0 Å². The van der Waals surface area contributed by atoms with E-state index in [1.165, 1.54) is 0 Å². The Balaban J connectivity index is 0. The Kier molecular flexibility index (Phi) is 1670. The minimum atomic E-state index is 0. The van der Waals surface area contributed by atoms with Gasteiger partial charge in [-0.2, -0.15) is 0 Å². The van der Waals surface area contributed by atoms with Crippen LogP contribution in [0.4, 0.5) is 0 Å². The molecule has 0 bridgehead atoms. The van der Waals surface area contributed by atoms with E-state index in [4.69, 9.17) is 0 Å². The molecule has 3 nitrogen and oxygen atoms in total. The molecule has 0 fully saturated rings. The summed E-state index contributed by atoms with van der Waals surface area (Å²) in [4.78, 5) is 0. The first kappa shape index (κ1) is 140. The van der Waals surface area contributed by atoms with Gasteiger partial charge in [-0.3, -0.25) is 0 Å². The largest absolute Gasteiger partial charge is 2.00 e. The standard InChI is InChI=1S/3O.6V/q3*-2;;;;;;. The summed E-state index contributed by atoms with van der Waals surface area (Å²) in [5.74, 6) is 0. The first-order chi connectivity index (χ1) is 0. The second-order valence-corrected chi connectivity index (χ2v) is 0. The summed E-state index contributed by atoms with van der Waals surface area (Å²) in [5.41, 5.74) is 0. The first-order valence-corrected chi connectivity index (χ1v) is 0. The Bertz CT molecular complexity index is 8.26. The van der Waals surface area contributed by atoms with Gasteiger partial charge >= 0.3 is 0 Å². The van der Waals surface area contributed by atoms with E-state index >= 15 is 0 Å². The van der Waals surface area contributed by atoms with E-state index in [0.29, 0.717) is 0 Å². The SMILES string of the molecule is [O-2].[O-2].[O-2].[V].[V].[V].[V].[V].[V]. The second-order valence-electron chi connectivity index (χ2n) is 0. The van der Waals surface area contributed by atoms with Gasteiger partial charge in [0.15, 0.2) is 0 Å². The van der Waals surface area contributed by atoms with Crippen molar-refractivity contribution in [1.29, 1.82) is 0 Å². The molecule has 0 aromatic rings. The zero-order valence-electron chi connectivity index (χ0n) is 3.91. The van der Waals surface area contributed by atoms with Crippen LogP contribution in [0.3, 0.4) is 0 Å². The maximum Gasteiger partial charge on any atom is 0 e. The molecule has 0 amide bonds. The van der Waals surface area contributed by atoms with Crippen molar-refractivity contribution in [3.05, 3.63) is 0 Å². The topological polar surface area (TPSA) is 85.5 Å². The summed E-state index contributed by atoms with van der Waals surface area (Å²) < 4.78 is 0. The van der Waals surface area contributed by atoms with Crippen LogP contribution in [0.2, 0.25) is 0 Å². The molecule has 0 atom stereocenters. The molecule has 0 rings (SSSR count). The number of hydrogen-bond donors (Lipinski definition) is 0. The zero-order valence-corrected chi connectivity index (χ0v) is 12.3. The molecule has 0 heterocycles. The van der Waals surface area contributed by atoms with E-state index in [2.05, 4.69) is 0 Å². The average Bonchev–Trinajstić information content (AvgIpc) is 0. The average molecular weight is 354 g/mol. The van der Waals surface area contributed by atoms with Crippen LogP contribution in [0, 0.1) is 0 Å². The fourth-order valence-electron chi connectivity index (χ4n) is 0. The summed E-state index contributed by atoms with van der Waals surface area (Å²) >= 11 is 0. The monoisotopic (exact) mass is 354 g/mol. The quantitative estimate of drug-likeness (QED) is 0.569. The molecule has 0 spiro atoms. The molecule has 54 valence electrons. The van der Waals surface area contributed by atoms with Gasteiger partial charge in [0, 0.05) is 111 Å². The van der Waals surface area contributed by atoms with E-state index in [0.717, 1.165) is 0 Å². The molecule has 0 saturated heterocycles. The Morgan fingerprint density at radius 1 is 0.222 bits per heavy atom. The molecule has 0 aliphatic carbocycles. The molecule has 0 aromatic heterocycles. The van der Waals surface area contributed by atoms with Gasteiger partial charge in [-0.25, -0.2) is 0 Å². The third-order valence-electron chi connectivity index (χ3n) is 0. The van der Waals surface area contributed by atoms with Crippen molar-refractivity contribution >= 4 is 0 Å². The molecule has 6 radical (unpaired) electrons. The maximum absolute atomic E-state index is 0. The summed E-state index contributed by atoms with van der Waals surface area (Å²) in [7, 11) is 0. The van der Waals surface area contributed by atoms with Gasteiger partial charge in [0.25, 0.3) is 0 Å². The van der Waals surface area contributed by atoms with E-state index in [1.54, 1.807) is 0 Å². The van der Waals surface area contributed by atoms with Crippen LogP contribution in [0.25, 0.3) is 0 Å². The van der Waals surface area contributed by atoms with Crippen LogP contribution in [0.5, 0.6) is 0 Å². The number of hydrogen-bond acceptors (Lipinski definition) is 0. The molecular weight excluding hydrogens is 354 g/mol. The molecule has 0 aromatic carbocycles. The summed E-state index contributed by atoms with van der Waals surface area (Å²) in [6, 6.07) is 0. The van der Waals surface area contributed by atoms with Gasteiger partial charge < -0.3 is 16.4 Å². The summed E-state index contributed by atoms with van der Waals surface area (Å²) in [6.07, 6.45) is 0. The molecular formula is O3V6-6. The van der Waals surface area contributed by atoms with Crippen LogP contribution >= 0.6 is 0 Å². The van der Waals surface area contributed by atoms with Gasteiger partial charge in [0.2, 0.25) is 0 Å². The zero-order chi connectivity index (χ0) is 0. The van der Waals surface area contributed by atoms with Gasteiger partial charge in [-0.05, 0) is 0 Å². The van der Waals surface area contributed by atoms with Crippen LogP contribution in [-0.4, -0.2) is 0 Å². The van der Waals surface area contributed by atoms with Crippen LogP contribution in [0.1, 0.15) is 0 Å². The Labute approximate surface area is 126 Å². The van der Waals surface area contributed by atoms with E-state index in [1.807, 2.05) is 0 Å². The third kappa shape index (κ3) is 87.5. The van der Waals surface area contributed by atoms with Gasteiger partial charge in [-0.15, -0.1) is 0 Å². The Morgan fingerprint density at radius 3 is 0.222 bits per heavy atom. The molecule has 0 saturated carbocycles. The predicted molar refractivity (Wildman–Crippen MR) is 2.06 cm³/mol. The Hall–Kier alpha value is 3.39. The minimum Gasteiger partial charge on any atom is -2.00 e. The van der Waals surface area contributed by atoms with Crippen molar-refractivity contribution in [2.45, 2.75) is 0 Å². The summed E-state index contributed by atoms with van der Waals surface area (Å²) in [5, 5.41) is 0. The Morgan fingerprint density at radius 2 is 0.222 bits per heavy atom. The minimum absolute atomic E-state index is 0. The van der Waals surface area contributed by atoms with Crippen molar-refractivity contribution in [2.75, 3.05) is 0 Å². The fraction of sp³-hybridized carbons (Fsp3) is 0. The van der Waals surface area contributed by atoms with Crippen molar-refractivity contribution in [2.24, 2.45) is 0 Å². The van der Waals surface area contributed by atoms with E-state index < -0.39 is 0 Å². The third-order valence-corrected chi connectivity index (χ3v) is 0. The molecule has 0 aliphatic heterocycles. The smallest absolute Gasteiger partial charge is 0 e. The van der Waals surface area contributed by atoms with Crippen LogP contribution in [0.15, 0.2) is 0 Å². The fourth-order valence-corrected chi connectivity index (χ4v) is 0. The maximum atomic E-state index is 0. The normalized spacial score (nSPS) is 0. The van der Waals surface area contributed by atoms with Gasteiger partial charge in [0.1, 0.15) is 0 Å². The van der Waals surface area contributed by atoms with Crippen LogP contribution in [-0.2, 0) is 128 Å².